The number of carbonyl (C=O) groups is 1. The monoisotopic (exact) mass is 622 g/mol. The van der Waals surface area contributed by atoms with Crippen LogP contribution < -0.4 is 0 Å². The molecule has 0 bridgehead atoms. The van der Waals surface area contributed by atoms with Gasteiger partial charge < -0.3 is 0 Å². The van der Waals surface area contributed by atoms with Crippen molar-refractivity contribution >= 4 is 41.0 Å². The molecule has 5 nitrogen and oxygen atoms in total. The van der Waals surface area contributed by atoms with Crippen molar-refractivity contribution in [1.82, 2.24) is 0 Å². The zero-order chi connectivity index (χ0) is 27.1. The van der Waals surface area contributed by atoms with Crippen molar-refractivity contribution in [2.45, 2.75) is 137 Å². The number of aliphatic carboxylic acids is 1. The summed E-state index contributed by atoms with van der Waals surface area (Å²) < 4.78 is 22.0. The molecule has 1 fully saturated rings. The molecule has 0 spiro atoms. The standard InChI is InChI=1S/C23H45O5Si2.3CH3.Sn/c1-13-17(27-29(9,10)22(3,4)5)21(28-30(11,12)23(6,7)8)19-14-16(2)18(26-19)15-20(24)25;;;;/h16-19,21H,1,14-15H2,2-12H3,(H,24,25);3*1H3;/t16-,17-,18+,19-,21-;;;;/m1..../s1. The van der Waals surface area contributed by atoms with Gasteiger partial charge in [0.25, 0.3) is 0 Å². The number of carboxylic acid groups (broad SMARTS) is 1. The minimum absolute atomic E-state index is 0.0255. The van der Waals surface area contributed by atoms with Crippen LogP contribution in [-0.4, -0.2) is 70.5 Å². The molecule has 0 amide bonds. The third-order valence-electron chi connectivity index (χ3n) is 8.40. The summed E-state index contributed by atoms with van der Waals surface area (Å²) in [6, 6.07) is 0. The molecule has 0 aliphatic carbocycles. The van der Waals surface area contributed by atoms with Crippen LogP contribution in [-0.2, 0) is 18.4 Å². The summed E-state index contributed by atoms with van der Waals surface area (Å²) in [7, 11) is -4.33. The van der Waals surface area contributed by atoms with Crippen LogP contribution >= 0.6 is 0 Å². The van der Waals surface area contributed by atoms with Crippen LogP contribution in [0.3, 0.4) is 0 Å². The summed E-state index contributed by atoms with van der Waals surface area (Å²) >= 11 is -2.62. The fourth-order valence-electron chi connectivity index (χ4n) is 3.67. The van der Waals surface area contributed by atoms with E-state index in [4.69, 9.17) is 13.6 Å². The van der Waals surface area contributed by atoms with Gasteiger partial charge in [0.2, 0.25) is 0 Å². The Morgan fingerprint density at radius 2 is 1.47 bits per heavy atom. The van der Waals surface area contributed by atoms with E-state index in [-0.39, 0.29) is 46.8 Å². The first-order chi connectivity index (χ1) is 14.9. The average Bonchev–Trinajstić information content (AvgIpc) is 2.94. The Bertz CT molecular complexity index is 731. The molecule has 5 atom stereocenters. The maximum absolute atomic E-state index is 11.5. The SMILES string of the molecule is C=[C]([C@@H](O[Si](C)(C)C(C)(C)C)[C@@H](O[Si](C)(C)C(C)(C)C)[C@H]1C[C@@H](C)[C@H](CC(=O)O)O1)[Sn]([CH3])([CH3])[CH3]. The predicted molar refractivity (Wildman–Crippen MR) is 151 cm³/mol. The molecular formula is C26H54O5Si2Sn. The van der Waals surface area contributed by atoms with Gasteiger partial charge >= 0.3 is 217 Å². The zero-order valence-corrected chi connectivity index (χ0v) is 29.4. The van der Waals surface area contributed by atoms with Gasteiger partial charge in [0.1, 0.15) is 0 Å². The molecule has 0 aromatic rings. The summed E-state index contributed by atoms with van der Waals surface area (Å²) in [5.74, 6) is -0.657. The summed E-state index contributed by atoms with van der Waals surface area (Å²) in [6.45, 7) is 29.4. The number of hydrogen-bond donors (Lipinski definition) is 1. The van der Waals surface area contributed by atoms with E-state index in [9.17, 15) is 9.90 Å². The van der Waals surface area contributed by atoms with Crippen molar-refractivity contribution in [3.8, 4) is 0 Å². The van der Waals surface area contributed by atoms with Crippen molar-refractivity contribution < 1.29 is 23.5 Å². The van der Waals surface area contributed by atoms with Gasteiger partial charge in [-0.1, -0.05) is 0 Å². The van der Waals surface area contributed by atoms with Gasteiger partial charge in [0.05, 0.1) is 0 Å². The molecule has 1 saturated heterocycles. The number of rotatable bonds is 10. The Morgan fingerprint density at radius 3 is 1.85 bits per heavy atom. The molecular weight excluding hydrogens is 567 g/mol. The number of carboxylic acids is 1. The van der Waals surface area contributed by atoms with Crippen LogP contribution in [0.4, 0.5) is 0 Å². The van der Waals surface area contributed by atoms with Gasteiger partial charge in [-0.25, -0.2) is 0 Å². The molecule has 0 unspecified atom stereocenters. The van der Waals surface area contributed by atoms with Crippen LogP contribution in [0.5, 0.6) is 0 Å². The fraction of sp³-hybridized carbons (Fsp3) is 0.885. The molecule has 0 aromatic carbocycles. The Hall–Kier alpha value is 0.322. The molecule has 1 aliphatic heterocycles. The number of ether oxygens (including phenoxy) is 1. The molecule has 0 aromatic heterocycles. The van der Waals surface area contributed by atoms with E-state index in [0.717, 1.165) is 6.42 Å². The maximum atomic E-state index is 11.5. The van der Waals surface area contributed by atoms with E-state index in [1.54, 1.807) is 0 Å². The zero-order valence-electron chi connectivity index (χ0n) is 24.6. The summed E-state index contributed by atoms with van der Waals surface area (Å²) in [5.41, 5.74) is 0. The van der Waals surface area contributed by atoms with E-state index in [1.165, 1.54) is 3.59 Å². The first-order valence-corrected chi connectivity index (χ1v) is 28.6. The van der Waals surface area contributed by atoms with E-state index in [0.29, 0.717) is 0 Å². The number of hydrogen-bond acceptors (Lipinski definition) is 4. The van der Waals surface area contributed by atoms with Crippen molar-refractivity contribution in [3.63, 3.8) is 0 Å². The van der Waals surface area contributed by atoms with Crippen LogP contribution in [0.1, 0.15) is 61.3 Å². The van der Waals surface area contributed by atoms with Gasteiger partial charge in [-0.05, 0) is 0 Å². The molecule has 1 aliphatic rings. The second kappa shape index (κ2) is 11.0. The summed E-state index contributed by atoms with van der Waals surface area (Å²) in [6.07, 6.45) is -0.202. The Labute approximate surface area is 216 Å². The van der Waals surface area contributed by atoms with Gasteiger partial charge in [-0.2, -0.15) is 0 Å². The van der Waals surface area contributed by atoms with E-state index in [1.807, 2.05) is 0 Å². The molecule has 0 saturated carbocycles. The minimum atomic E-state index is -2.62. The van der Waals surface area contributed by atoms with Crippen molar-refractivity contribution in [3.05, 3.63) is 10.2 Å². The van der Waals surface area contributed by atoms with Crippen molar-refractivity contribution in [2.75, 3.05) is 0 Å². The second-order valence-corrected chi connectivity index (χ2v) is 38.6. The third kappa shape index (κ3) is 8.16. The fourth-order valence-corrected chi connectivity index (χ4v) is 9.66. The molecule has 8 heteroatoms. The Kier molecular flexibility index (Phi) is 10.4. The van der Waals surface area contributed by atoms with E-state index < -0.39 is 41.0 Å². The normalized spacial score (nSPS) is 24.7. The molecule has 34 heavy (non-hydrogen) atoms. The molecule has 1 heterocycles. The van der Waals surface area contributed by atoms with E-state index in [2.05, 4.69) is 96.1 Å². The summed E-state index contributed by atoms with van der Waals surface area (Å²) in [4.78, 5) is 18.6. The van der Waals surface area contributed by atoms with Gasteiger partial charge in [-0.3, -0.25) is 0 Å². The Morgan fingerprint density at radius 1 is 1.03 bits per heavy atom. The quantitative estimate of drug-likeness (QED) is 0.257. The van der Waals surface area contributed by atoms with Crippen LogP contribution in [0.2, 0.25) is 51.1 Å². The second-order valence-electron chi connectivity index (χ2n) is 14.4. The molecule has 1 rings (SSSR count). The van der Waals surface area contributed by atoms with Crippen LogP contribution in [0.25, 0.3) is 0 Å². The van der Waals surface area contributed by atoms with Gasteiger partial charge in [0, 0.05) is 0 Å². The third-order valence-corrected chi connectivity index (χ3v) is 23.6. The van der Waals surface area contributed by atoms with Crippen LogP contribution in [0.15, 0.2) is 10.2 Å². The molecule has 1 N–H and O–H groups in total. The first kappa shape index (κ1) is 32.4. The molecule has 200 valence electrons. The van der Waals surface area contributed by atoms with Crippen molar-refractivity contribution in [1.29, 1.82) is 0 Å². The summed E-state index contributed by atoms with van der Waals surface area (Å²) in [5, 5.41) is 9.51. The van der Waals surface area contributed by atoms with Gasteiger partial charge in [0.15, 0.2) is 0 Å². The molecule has 0 radical (unpaired) electrons. The average molecular weight is 622 g/mol. The van der Waals surface area contributed by atoms with Crippen molar-refractivity contribution in [2.24, 2.45) is 5.92 Å². The predicted octanol–water partition coefficient (Wildman–Crippen LogP) is 7.47. The topological polar surface area (TPSA) is 65.0 Å². The first-order valence-electron chi connectivity index (χ1n) is 12.8. The van der Waals surface area contributed by atoms with Gasteiger partial charge in [-0.15, -0.1) is 0 Å². The van der Waals surface area contributed by atoms with E-state index >= 15 is 0 Å². The Balaban J connectivity index is 3.59. The van der Waals surface area contributed by atoms with Crippen LogP contribution in [0, 0.1) is 5.92 Å².